The van der Waals surface area contributed by atoms with Gasteiger partial charge in [-0.3, -0.25) is 0 Å². The molecule has 0 spiro atoms. The fourth-order valence-electron chi connectivity index (χ4n) is 1.73. The molecule has 1 heterocycles. The van der Waals surface area contributed by atoms with Crippen LogP contribution in [0.25, 0.3) is 0 Å². The number of furan rings is 1. The van der Waals surface area contributed by atoms with Gasteiger partial charge in [-0.25, -0.2) is 0 Å². The molecule has 0 saturated heterocycles. The van der Waals surface area contributed by atoms with E-state index in [4.69, 9.17) is 20.0 Å². The highest BCUT2D eigenvalue weighted by molar-refractivity contribution is 5.28. The molecule has 0 aliphatic rings. The van der Waals surface area contributed by atoms with Gasteiger partial charge in [0.25, 0.3) is 0 Å². The minimum absolute atomic E-state index is 0.00957. The van der Waals surface area contributed by atoms with Crippen LogP contribution in [0.5, 0.6) is 5.75 Å². The lowest BCUT2D eigenvalue weighted by Gasteiger charge is -2.15. The molecule has 0 bridgehead atoms. The van der Waals surface area contributed by atoms with Crippen LogP contribution in [0, 0.1) is 6.92 Å². The standard InChI is InChI=1S/C14H17NO3/c1-10-5-6-13(17-10)14(8-15)18-12-4-2-3-11(7-12)9-16/h2-7,14,16H,8-9,15H2,1H3. The van der Waals surface area contributed by atoms with Gasteiger partial charge in [0.2, 0.25) is 0 Å². The van der Waals surface area contributed by atoms with Crippen LogP contribution in [0.4, 0.5) is 0 Å². The van der Waals surface area contributed by atoms with E-state index < -0.39 is 0 Å². The Bertz CT molecular complexity index is 507. The summed E-state index contributed by atoms with van der Waals surface area (Å²) < 4.78 is 11.3. The molecule has 0 aliphatic carbocycles. The lowest BCUT2D eigenvalue weighted by molar-refractivity contribution is 0.181. The lowest BCUT2D eigenvalue weighted by atomic mass is 10.2. The Morgan fingerprint density at radius 1 is 1.33 bits per heavy atom. The van der Waals surface area contributed by atoms with Gasteiger partial charge in [0.15, 0.2) is 6.10 Å². The van der Waals surface area contributed by atoms with Crippen molar-refractivity contribution < 1.29 is 14.3 Å². The first kappa shape index (κ1) is 12.7. The van der Waals surface area contributed by atoms with Crippen molar-refractivity contribution >= 4 is 0 Å². The Kier molecular flexibility index (Phi) is 4.02. The number of ether oxygens (including phenoxy) is 1. The quantitative estimate of drug-likeness (QED) is 0.849. The van der Waals surface area contributed by atoms with Crippen molar-refractivity contribution in [1.82, 2.24) is 0 Å². The maximum Gasteiger partial charge on any atom is 0.168 e. The van der Waals surface area contributed by atoms with Crippen molar-refractivity contribution in [3.8, 4) is 5.75 Å². The summed E-state index contributed by atoms with van der Waals surface area (Å²) in [5.41, 5.74) is 6.50. The van der Waals surface area contributed by atoms with Gasteiger partial charge >= 0.3 is 0 Å². The molecular formula is C14H17NO3. The normalized spacial score (nSPS) is 12.4. The summed E-state index contributed by atoms with van der Waals surface area (Å²) in [5.74, 6) is 2.21. The van der Waals surface area contributed by atoms with E-state index in [-0.39, 0.29) is 12.7 Å². The molecule has 3 N–H and O–H groups in total. The van der Waals surface area contributed by atoms with Crippen LogP contribution in [-0.4, -0.2) is 11.7 Å². The SMILES string of the molecule is Cc1ccc(C(CN)Oc2cccc(CO)c2)o1. The number of hydrogen-bond acceptors (Lipinski definition) is 4. The summed E-state index contributed by atoms with van der Waals surface area (Å²) in [6.07, 6.45) is -0.312. The van der Waals surface area contributed by atoms with E-state index >= 15 is 0 Å². The molecule has 0 amide bonds. The van der Waals surface area contributed by atoms with Gasteiger partial charge in [0.05, 0.1) is 6.61 Å². The van der Waals surface area contributed by atoms with E-state index in [1.54, 1.807) is 6.07 Å². The van der Waals surface area contributed by atoms with Crippen LogP contribution >= 0.6 is 0 Å². The van der Waals surface area contributed by atoms with Gasteiger partial charge in [0, 0.05) is 6.54 Å². The van der Waals surface area contributed by atoms with Crippen LogP contribution in [0.15, 0.2) is 40.8 Å². The highest BCUT2D eigenvalue weighted by Crippen LogP contribution is 2.23. The second kappa shape index (κ2) is 5.71. The predicted octanol–water partition coefficient (Wildman–Crippen LogP) is 2.16. The maximum absolute atomic E-state index is 9.07. The van der Waals surface area contributed by atoms with E-state index in [1.165, 1.54) is 0 Å². The fourth-order valence-corrected chi connectivity index (χ4v) is 1.73. The van der Waals surface area contributed by atoms with E-state index in [2.05, 4.69) is 0 Å². The zero-order valence-electron chi connectivity index (χ0n) is 10.3. The van der Waals surface area contributed by atoms with Crippen molar-refractivity contribution in [2.45, 2.75) is 19.6 Å². The lowest BCUT2D eigenvalue weighted by Crippen LogP contribution is -2.17. The third-order valence-electron chi connectivity index (χ3n) is 2.65. The summed E-state index contributed by atoms with van der Waals surface area (Å²) in [5, 5.41) is 9.07. The summed E-state index contributed by atoms with van der Waals surface area (Å²) in [4.78, 5) is 0. The highest BCUT2D eigenvalue weighted by atomic mass is 16.5. The molecule has 1 aromatic carbocycles. The fraction of sp³-hybridized carbons (Fsp3) is 0.286. The largest absolute Gasteiger partial charge is 0.481 e. The smallest absolute Gasteiger partial charge is 0.168 e. The van der Waals surface area contributed by atoms with E-state index in [9.17, 15) is 0 Å². The number of aryl methyl sites for hydroxylation is 1. The summed E-state index contributed by atoms with van der Waals surface area (Å²) in [6, 6.07) is 11.0. The van der Waals surface area contributed by atoms with Crippen molar-refractivity contribution in [1.29, 1.82) is 0 Å². The molecule has 0 aliphatic heterocycles. The Morgan fingerprint density at radius 2 is 2.17 bits per heavy atom. The number of aliphatic hydroxyl groups is 1. The minimum Gasteiger partial charge on any atom is -0.481 e. The van der Waals surface area contributed by atoms with Gasteiger partial charge in [0.1, 0.15) is 17.3 Å². The topological polar surface area (TPSA) is 68.6 Å². The molecule has 1 unspecified atom stereocenters. The van der Waals surface area contributed by atoms with Crippen molar-refractivity contribution in [2.24, 2.45) is 5.73 Å². The minimum atomic E-state index is -0.312. The molecule has 2 aromatic rings. The molecule has 18 heavy (non-hydrogen) atoms. The van der Waals surface area contributed by atoms with Crippen LogP contribution in [-0.2, 0) is 6.61 Å². The third kappa shape index (κ3) is 2.91. The number of aliphatic hydroxyl groups excluding tert-OH is 1. The number of rotatable bonds is 5. The molecule has 0 fully saturated rings. The zero-order chi connectivity index (χ0) is 13.0. The number of nitrogens with two attached hydrogens (primary N) is 1. The van der Waals surface area contributed by atoms with Gasteiger partial charge in [-0.15, -0.1) is 0 Å². The number of hydrogen-bond donors (Lipinski definition) is 2. The molecule has 4 heteroatoms. The summed E-state index contributed by atoms with van der Waals surface area (Å²) >= 11 is 0. The Hall–Kier alpha value is -1.78. The van der Waals surface area contributed by atoms with E-state index in [0.717, 1.165) is 11.3 Å². The second-order valence-electron chi connectivity index (χ2n) is 4.10. The van der Waals surface area contributed by atoms with Crippen molar-refractivity contribution in [3.63, 3.8) is 0 Å². The number of benzene rings is 1. The first-order valence-corrected chi connectivity index (χ1v) is 5.86. The highest BCUT2D eigenvalue weighted by Gasteiger charge is 2.15. The van der Waals surface area contributed by atoms with Crippen molar-refractivity contribution in [3.05, 3.63) is 53.5 Å². The average Bonchev–Trinajstić information content (AvgIpc) is 2.82. The Balaban J connectivity index is 2.14. The third-order valence-corrected chi connectivity index (χ3v) is 2.65. The van der Waals surface area contributed by atoms with Crippen molar-refractivity contribution in [2.75, 3.05) is 6.54 Å². The molecule has 96 valence electrons. The second-order valence-corrected chi connectivity index (χ2v) is 4.10. The first-order chi connectivity index (χ1) is 8.72. The monoisotopic (exact) mass is 247 g/mol. The van der Waals surface area contributed by atoms with Gasteiger partial charge in [-0.1, -0.05) is 12.1 Å². The molecular weight excluding hydrogens is 230 g/mol. The first-order valence-electron chi connectivity index (χ1n) is 5.86. The maximum atomic E-state index is 9.07. The molecule has 4 nitrogen and oxygen atoms in total. The molecule has 1 aromatic heterocycles. The Morgan fingerprint density at radius 3 is 2.78 bits per heavy atom. The summed E-state index contributed by atoms with van der Waals surface area (Å²) in [6.45, 7) is 2.20. The average molecular weight is 247 g/mol. The molecule has 0 saturated carbocycles. The summed E-state index contributed by atoms with van der Waals surface area (Å²) in [7, 11) is 0. The van der Waals surface area contributed by atoms with Crippen LogP contribution < -0.4 is 10.5 Å². The molecule has 0 radical (unpaired) electrons. The van der Waals surface area contributed by atoms with Gasteiger partial charge < -0.3 is 20.0 Å². The molecule has 2 rings (SSSR count). The molecule has 1 atom stereocenters. The zero-order valence-corrected chi connectivity index (χ0v) is 10.3. The van der Waals surface area contributed by atoms with Gasteiger partial charge in [-0.2, -0.15) is 0 Å². The Labute approximate surface area is 106 Å². The van der Waals surface area contributed by atoms with Crippen LogP contribution in [0.3, 0.4) is 0 Å². The van der Waals surface area contributed by atoms with Crippen LogP contribution in [0.1, 0.15) is 23.2 Å². The van der Waals surface area contributed by atoms with Gasteiger partial charge in [-0.05, 0) is 36.8 Å². The van der Waals surface area contributed by atoms with E-state index in [0.29, 0.717) is 18.1 Å². The van der Waals surface area contributed by atoms with Crippen LogP contribution in [0.2, 0.25) is 0 Å². The van der Waals surface area contributed by atoms with E-state index in [1.807, 2.05) is 37.3 Å². The predicted molar refractivity (Wildman–Crippen MR) is 68.2 cm³/mol.